The zero-order valence-corrected chi connectivity index (χ0v) is 25.5. The summed E-state index contributed by atoms with van der Waals surface area (Å²) < 4.78 is 0. The normalized spacial score (nSPS) is 41.0. The zero-order valence-electron chi connectivity index (χ0n) is 25.5. The van der Waals surface area contributed by atoms with Crippen molar-refractivity contribution in [3.05, 3.63) is 0 Å². The van der Waals surface area contributed by atoms with E-state index in [9.17, 15) is 0 Å². The molecule has 5 aliphatic rings. The van der Waals surface area contributed by atoms with Crippen molar-refractivity contribution in [1.82, 2.24) is 0 Å². The molecular weight excluding hydrogens is 420 g/mol. The van der Waals surface area contributed by atoms with Gasteiger partial charge in [-0.05, 0) is 110 Å². The highest BCUT2D eigenvalue weighted by Crippen LogP contribution is 2.67. The Labute approximate surface area is 222 Å². The predicted octanol–water partition coefficient (Wildman–Crippen LogP) is 11.9. The van der Waals surface area contributed by atoms with Crippen LogP contribution in [0.5, 0.6) is 0 Å². The van der Waals surface area contributed by atoms with E-state index in [0.29, 0.717) is 5.41 Å². The van der Waals surface area contributed by atoms with Crippen molar-refractivity contribution >= 4 is 0 Å². The third-order valence-electron chi connectivity index (χ3n) is 12.3. The molecule has 5 aliphatic carbocycles. The van der Waals surface area contributed by atoms with Crippen molar-refractivity contribution in [3.8, 4) is 0 Å². The van der Waals surface area contributed by atoms with E-state index in [2.05, 4.69) is 34.6 Å². The van der Waals surface area contributed by atoms with Crippen LogP contribution in [0.25, 0.3) is 0 Å². The van der Waals surface area contributed by atoms with Gasteiger partial charge in [-0.15, -0.1) is 0 Å². The molecule has 35 heavy (non-hydrogen) atoms. The van der Waals surface area contributed by atoms with Crippen LogP contribution < -0.4 is 0 Å². The molecule has 5 unspecified atom stereocenters. The monoisotopic (exact) mass is 487 g/mol. The average molecular weight is 487 g/mol. The summed E-state index contributed by atoms with van der Waals surface area (Å²) in [5, 5.41) is 0. The Morgan fingerprint density at radius 3 is 2.00 bits per heavy atom. The Kier molecular flexibility index (Phi) is 11.6. The molecule has 0 bridgehead atoms. The van der Waals surface area contributed by atoms with Crippen LogP contribution in [-0.4, -0.2) is 0 Å². The number of hydrogen-bond acceptors (Lipinski definition) is 0. The summed E-state index contributed by atoms with van der Waals surface area (Å²) in [5.74, 6) is 7.31. The summed E-state index contributed by atoms with van der Waals surface area (Å²) in [4.78, 5) is 0. The topological polar surface area (TPSA) is 0 Å². The first-order valence-corrected chi connectivity index (χ1v) is 16.8. The van der Waals surface area contributed by atoms with Crippen LogP contribution in [0.4, 0.5) is 0 Å². The molecule has 0 nitrogen and oxygen atoms in total. The maximum atomic E-state index is 2.74. The quantitative estimate of drug-likeness (QED) is 0.339. The van der Waals surface area contributed by atoms with Crippen molar-refractivity contribution in [1.29, 1.82) is 0 Å². The summed E-state index contributed by atoms with van der Waals surface area (Å²) >= 11 is 0. The lowest BCUT2D eigenvalue weighted by Crippen LogP contribution is -2.52. The van der Waals surface area contributed by atoms with Gasteiger partial charge < -0.3 is 0 Å². The van der Waals surface area contributed by atoms with Crippen LogP contribution in [0.3, 0.4) is 0 Å². The molecule has 0 saturated heterocycles. The average Bonchev–Trinajstić information content (AvgIpc) is 3.20. The maximum Gasteiger partial charge on any atom is -0.0266 e. The highest BCUT2D eigenvalue weighted by Gasteiger charge is 2.59. The van der Waals surface area contributed by atoms with Crippen molar-refractivity contribution in [2.45, 2.75) is 170 Å². The first-order valence-electron chi connectivity index (χ1n) is 16.8. The summed E-state index contributed by atoms with van der Waals surface area (Å²) in [7, 11) is 0. The van der Waals surface area contributed by atoms with Crippen LogP contribution >= 0.6 is 0 Å². The molecule has 0 N–H and O–H groups in total. The third-order valence-corrected chi connectivity index (χ3v) is 12.3. The van der Waals surface area contributed by atoms with Crippen LogP contribution in [0.2, 0.25) is 0 Å². The molecule has 0 aromatic carbocycles. The molecule has 0 amide bonds. The molecule has 5 saturated carbocycles. The summed E-state index contributed by atoms with van der Waals surface area (Å²) in [5.41, 5.74) is 1.43. The molecule has 0 aliphatic heterocycles. The van der Waals surface area contributed by atoms with Gasteiger partial charge in [0.05, 0.1) is 0 Å². The third kappa shape index (κ3) is 6.91. The van der Waals surface area contributed by atoms with E-state index in [-0.39, 0.29) is 0 Å². The lowest BCUT2D eigenvalue weighted by Gasteiger charge is -2.60. The maximum absolute atomic E-state index is 2.74. The van der Waals surface area contributed by atoms with Crippen molar-refractivity contribution in [2.24, 2.45) is 52.3 Å². The molecule has 0 heteroatoms. The van der Waals surface area contributed by atoms with Gasteiger partial charge in [0.1, 0.15) is 0 Å². The Bertz CT molecular complexity index is 585. The van der Waals surface area contributed by atoms with Gasteiger partial charge in [0.2, 0.25) is 0 Å². The van der Waals surface area contributed by atoms with Crippen LogP contribution in [-0.2, 0) is 0 Å². The number of fused-ring (bicyclic) bond motifs is 5. The Hall–Kier alpha value is 0. The number of unbranched alkanes of at least 4 members (excludes halogenated alkanes) is 1. The van der Waals surface area contributed by atoms with Gasteiger partial charge in [-0.3, -0.25) is 0 Å². The minimum Gasteiger partial charge on any atom is -0.0683 e. The standard InChI is InChI=1S/C26H46.C7H14.C2H6/c1-19(2)9-5-6-10-21-13-15-23-22-14-12-20-11-7-8-17-25(20,3)24(22)16-18-26(21,23)4;1-7-5-3-2-4-6-7;1-2/h19-24H,5-18H2,1-4H3;7H,2-6H2,1H3;1-2H3/t20?,21?,22?,23?,24?,25-,26+;;/m0../s1. The molecule has 0 radical (unpaired) electrons. The highest BCUT2D eigenvalue weighted by molar-refractivity contribution is 5.08. The molecule has 5 fully saturated rings. The van der Waals surface area contributed by atoms with Gasteiger partial charge in [-0.1, -0.05) is 113 Å². The van der Waals surface area contributed by atoms with E-state index >= 15 is 0 Å². The van der Waals surface area contributed by atoms with Crippen molar-refractivity contribution in [2.75, 3.05) is 0 Å². The second kappa shape index (κ2) is 13.7. The van der Waals surface area contributed by atoms with Gasteiger partial charge >= 0.3 is 0 Å². The molecule has 0 heterocycles. The molecule has 206 valence electrons. The van der Waals surface area contributed by atoms with E-state index in [1.165, 1.54) is 70.6 Å². The van der Waals surface area contributed by atoms with Crippen LogP contribution in [0, 0.1) is 52.3 Å². The molecule has 5 rings (SSSR count). The molecular formula is C35H66. The minimum atomic E-state index is 0.705. The smallest absolute Gasteiger partial charge is 0.0266 e. The SMILES string of the molecule is CC.CC(C)CCCCC1CCC2C3CCC4CCCC[C@]4(C)C3CC[C@]12C.CC1CCCCC1. The zero-order chi connectivity index (χ0) is 25.5. The number of rotatable bonds is 5. The molecule has 0 spiro atoms. The first kappa shape index (κ1) is 29.6. The van der Waals surface area contributed by atoms with Crippen molar-refractivity contribution < 1.29 is 0 Å². The highest BCUT2D eigenvalue weighted by atomic mass is 14.6. The second-order valence-corrected chi connectivity index (χ2v) is 14.6. The molecule has 7 atom stereocenters. The predicted molar refractivity (Wildman–Crippen MR) is 157 cm³/mol. The van der Waals surface area contributed by atoms with Crippen molar-refractivity contribution in [3.63, 3.8) is 0 Å². The molecule has 0 aromatic rings. The van der Waals surface area contributed by atoms with E-state index in [4.69, 9.17) is 0 Å². The van der Waals surface area contributed by atoms with Gasteiger partial charge in [0.15, 0.2) is 0 Å². The lowest BCUT2D eigenvalue weighted by molar-refractivity contribution is -0.111. The minimum absolute atomic E-state index is 0.705. The van der Waals surface area contributed by atoms with Crippen LogP contribution in [0.15, 0.2) is 0 Å². The Morgan fingerprint density at radius 2 is 1.34 bits per heavy atom. The van der Waals surface area contributed by atoms with E-state index in [0.717, 1.165) is 46.8 Å². The van der Waals surface area contributed by atoms with Gasteiger partial charge in [0, 0.05) is 0 Å². The first-order chi connectivity index (χ1) is 16.8. The molecule has 0 aromatic heterocycles. The van der Waals surface area contributed by atoms with E-state index < -0.39 is 0 Å². The summed E-state index contributed by atoms with van der Waals surface area (Å²) in [6.07, 6.45) is 29.0. The fourth-order valence-electron chi connectivity index (χ4n) is 10.1. The number of hydrogen-bond donors (Lipinski definition) is 0. The van der Waals surface area contributed by atoms with Gasteiger partial charge in [-0.25, -0.2) is 0 Å². The fourth-order valence-corrected chi connectivity index (χ4v) is 10.1. The Balaban J connectivity index is 0.000000324. The van der Waals surface area contributed by atoms with Crippen LogP contribution in [0.1, 0.15) is 170 Å². The second-order valence-electron chi connectivity index (χ2n) is 14.6. The van der Waals surface area contributed by atoms with Gasteiger partial charge in [-0.2, -0.15) is 0 Å². The summed E-state index contributed by atoms with van der Waals surface area (Å²) in [6.45, 7) is 16.6. The fraction of sp³-hybridized carbons (Fsp3) is 1.00. The Morgan fingerprint density at radius 1 is 0.657 bits per heavy atom. The lowest BCUT2D eigenvalue weighted by atomic mass is 9.45. The summed E-state index contributed by atoms with van der Waals surface area (Å²) in [6, 6.07) is 0. The van der Waals surface area contributed by atoms with E-state index in [1.54, 1.807) is 51.4 Å². The largest absolute Gasteiger partial charge is 0.0683 e. The van der Waals surface area contributed by atoms with E-state index in [1.807, 2.05) is 13.8 Å². The van der Waals surface area contributed by atoms with Gasteiger partial charge in [0.25, 0.3) is 0 Å².